The van der Waals surface area contributed by atoms with Gasteiger partial charge in [-0.15, -0.1) is 16.8 Å². The lowest BCUT2D eigenvalue weighted by molar-refractivity contribution is -0.140. The summed E-state index contributed by atoms with van der Waals surface area (Å²) in [5.41, 5.74) is 0.896. The van der Waals surface area contributed by atoms with Gasteiger partial charge in [0.1, 0.15) is 0 Å². The third-order valence-electron chi connectivity index (χ3n) is 3.67. The summed E-state index contributed by atoms with van der Waals surface area (Å²) in [6.45, 7) is 4.81. The van der Waals surface area contributed by atoms with E-state index in [2.05, 4.69) is 21.8 Å². The van der Waals surface area contributed by atoms with E-state index in [1.807, 2.05) is 16.7 Å². The number of hydrogen-bond acceptors (Lipinski definition) is 6. The van der Waals surface area contributed by atoms with E-state index in [9.17, 15) is 9.59 Å². The van der Waals surface area contributed by atoms with E-state index in [-0.39, 0.29) is 17.6 Å². The number of hydrogen-bond donors (Lipinski definition) is 0. The molecule has 1 aliphatic heterocycles. The van der Waals surface area contributed by atoms with Gasteiger partial charge in [-0.1, -0.05) is 17.8 Å². The third kappa shape index (κ3) is 3.38. The Balaban J connectivity index is 1.76. The predicted octanol–water partition coefficient (Wildman–Crippen LogP) is 1.77. The van der Waals surface area contributed by atoms with Crippen LogP contribution in [0.1, 0.15) is 12.8 Å². The van der Waals surface area contributed by atoms with Crippen molar-refractivity contribution in [1.29, 1.82) is 0 Å². The highest BCUT2D eigenvalue weighted by molar-refractivity contribution is 7.99. The summed E-state index contributed by atoms with van der Waals surface area (Å²) in [6.07, 6.45) is 6.34. The molecule has 2 aromatic heterocycles. The van der Waals surface area contributed by atoms with Crippen molar-refractivity contribution >= 4 is 23.6 Å². The molecular formula is C16H17N5O2S. The van der Waals surface area contributed by atoms with Crippen LogP contribution in [-0.2, 0) is 16.1 Å². The highest BCUT2D eigenvalue weighted by Gasteiger charge is 2.26. The zero-order valence-electron chi connectivity index (χ0n) is 13.1. The molecule has 0 N–H and O–H groups in total. The fourth-order valence-corrected chi connectivity index (χ4v) is 3.34. The molecule has 3 rings (SSSR count). The average molecular weight is 343 g/mol. The Hall–Kier alpha value is -2.48. The first kappa shape index (κ1) is 16.4. The number of carbonyl (C=O) groups is 2. The molecule has 1 aliphatic rings. The van der Waals surface area contributed by atoms with Crippen LogP contribution in [0.4, 0.5) is 0 Å². The van der Waals surface area contributed by atoms with Gasteiger partial charge >= 0.3 is 0 Å². The minimum Gasteiger partial charge on any atom is -0.298 e. The van der Waals surface area contributed by atoms with Crippen LogP contribution in [0, 0.1) is 0 Å². The highest BCUT2D eigenvalue weighted by Crippen LogP contribution is 2.24. The van der Waals surface area contributed by atoms with E-state index >= 15 is 0 Å². The molecule has 24 heavy (non-hydrogen) atoms. The molecule has 0 saturated carbocycles. The molecule has 1 fully saturated rings. The largest absolute Gasteiger partial charge is 0.298 e. The Bertz CT molecular complexity index is 759. The van der Waals surface area contributed by atoms with Crippen LogP contribution in [0.25, 0.3) is 11.4 Å². The molecule has 0 bridgehead atoms. The summed E-state index contributed by atoms with van der Waals surface area (Å²) in [4.78, 5) is 29.1. The molecule has 2 amide bonds. The van der Waals surface area contributed by atoms with Crippen molar-refractivity contribution in [3.63, 3.8) is 0 Å². The second-order valence-corrected chi connectivity index (χ2v) is 6.22. The number of amides is 2. The quantitative estimate of drug-likeness (QED) is 0.587. The minimum atomic E-state index is -0.180. The molecule has 8 heteroatoms. The number of imide groups is 1. The molecule has 0 radical (unpaired) electrons. The lowest BCUT2D eigenvalue weighted by Crippen LogP contribution is -2.33. The standard InChI is InChI=1S/C16H17N5O2S/c1-2-9-21-15(12-5-7-17-8-6-12)18-19-16(21)24-11-14(23)20-10-3-4-13(20)22/h2,5-8H,1,3-4,9-11H2. The van der Waals surface area contributed by atoms with E-state index in [1.54, 1.807) is 18.5 Å². The number of allylic oxidation sites excluding steroid dienone is 1. The number of rotatable bonds is 6. The Morgan fingerprint density at radius 2 is 2.12 bits per heavy atom. The lowest BCUT2D eigenvalue weighted by atomic mass is 10.2. The Morgan fingerprint density at radius 3 is 2.79 bits per heavy atom. The average Bonchev–Trinajstić information content (AvgIpc) is 3.20. The maximum Gasteiger partial charge on any atom is 0.239 e. The predicted molar refractivity (Wildman–Crippen MR) is 90.1 cm³/mol. The Labute approximate surface area is 143 Å². The molecule has 0 spiro atoms. The smallest absolute Gasteiger partial charge is 0.239 e. The van der Waals surface area contributed by atoms with Gasteiger partial charge in [-0.25, -0.2) is 0 Å². The fraction of sp³-hybridized carbons (Fsp3) is 0.312. The van der Waals surface area contributed by atoms with Gasteiger partial charge in [0.05, 0.1) is 5.75 Å². The second-order valence-electron chi connectivity index (χ2n) is 5.27. The Kier molecular flexibility index (Phi) is 5.05. The van der Waals surface area contributed by atoms with Gasteiger partial charge < -0.3 is 0 Å². The van der Waals surface area contributed by atoms with E-state index in [0.717, 1.165) is 12.0 Å². The van der Waals surface area contributed by atoms with Gasteiger partial charge in [-0.05, 0) is 18.6 Å². The second kappa shape index (κ2) is 7.39. The van der Waals surface area contributed by atoms with Gasteiger partial charge in [0.25, 0.3) is 0 Å². The molecule has 0 aliphatic carbocycles. The normalized spacial score (nSPS) is 14.2. The van der Waals surface area contributed by atoms with Crippen LogP contribution in [0.15, 0.2) is 42.3 Å². The van der Waals surface area contributed by atoms with Gasteiger partial charge in [-0.2, -0.15) is 0 Å². The van der Waals surface area contributed by atoms with Crippen molar-refractivity contribution in [2.45, 2.75) is 24.5 Å². The number of aromatic nitrogens is 4. The molecule has 0 aromatic carbocycles. The van der Waals surface area contributed by atoms with Gasteiger partial charge in [0, 0.05) is 37.5 Å². The molecule has 124 valence electrons. The van der Waals surface area contributed by atoms with E-state index < -0.39 is 0 Å². The van der Waals surface area contributed by atoms with Crippen molar-refractivity contribution in [3.05, 3.63) is 37.2 Å². The molecular weight excluding hydrogens is 326 g/mol. The Morgan fingerprint density at radius 1 is 1.33 bits per heavy atom. The first-order valence-corrected chi connectivity index (χ1v) is 8.59. The minimum absolute atomic E-state index is 0.0920. The van der Waals surface area contributed by atoms with Crippen molar-refractivity contribution < 1.29 is 9.59 Å². The van der Waals surface area contributed by atoms with Gasteiger partial charge in [-0.3, -0.25) is 24.0 Å². The van der Waals surface area contributed by atoms with Crippen molar-refractivity contribution in [3.8, 4) is 11.4 Å². The van der Waals surface area contributed by atoms with Crippen LogP contribution in [0.3, 0.4) is 0 Å². The van der Waals surface area contributed by atoms with E-state index in [4.69, 9.17) is 0 Å². The van der Waals surface area contributed by atoms with Crippen LogP contribution >= 0.6 is 11.8 Å². The van der Waals surface area contributed by atoms with E-state index in [1.165, 1.54) is 16.7 Å². The molecule has 1 saturated heterocycles. The third-order valence-corrected chi connectivity index (χ3v) is 4.62. The summed E-state index contributed by atoms with van der Waals surface area (Å²) >= 11 is 1.28. The zero-order valence-corrected chi connectivity index (χ0v) is 13.9. The van der Waals surface area contributed by atoms with Gasteiger partial charge in [0.15, 0.2) is 11.0 Å². The summed E-state index contributed by atoms with van der Waals surface area (Å²) < 4.78 is 1.89. The molecule has 3 heterocycles. The van der Waals surface area contributed by atoms with Crippen molar-refractivity contribution in [1.82, 2.24) is 24.6 Å². The topological polar surface area (TPSA) is 81.0 Å². The van der Waals surface area contributed by atoms with Crippen LogP contribution in [-0.4, -0.2) is 48.8 Å². The van der Waals surface area contributed by atoms with Crippen molar-refractivity contribution in [2.24, 2.45) is 0 Å². The molecule has 7 nitrogen and oxygen atoms in total. The van der Waals surface area contributed by atoms with Crippen LogP contribution in [0.5, 0.6) is 0 Å². The highest BCUT2D eigenvalue weighted by atomic mass is 32.2. The number of thioether (sulfide) groups is 1. The molecule has 0 atom stereocenters. The summed E-state index contributed by atoms with van der Waals surface area (Å²) in [5, 5.41) is 9.03. The number of carbonyl (C=O) groups excluding carboxylic acids is 2. The molecule has 2 aromatic rings. The van der Waals surface area contributed by atoms with E-state index in [0.29, 0.717) is 30.5 Å². The summed E-state index contributed by atoms with van der Waals surface area (Å²) in [5.74, 6) is 0.591. The first-order valence-electron chi connectivity index (χ1n) is 7.61. The summed E-state index contributed by atoms with van der Waals surface area (Å²) in [6, 6.07) is 3.71. The lowest BCUT2D eigenvalue weighted by Gasteiger charge is -2.13. The van der Waals surface area contributed by atoms with Crippen LogP contribution in [0.2, 0.25) is 0 Å². The number of nitrogens with zero attached hydrogens (tertiary/aromatic N) is 5. The SMILES string of the molecule is C=CCn1c(SCC(=O)N2CCCC2=O)nnc1-c1ccncc1. The maximum atomic E-state index is 12.2. The fourth-order valence-electron chi connectivity index (χ4n) is 2.52. The van der Waals surface area contributed by atoms with Gasteiger partial charge in [0.2, 0.25) is 11.8 Å². The first-order chi connectivity index (χ1) is 11.7. The zero-order chi connectivity index (χ0) is 16.9. The summed E-state index contributed by atoms with van der Waals surface area (Å²) in [7, 11) is 0. The van der Waals surface area contributed by atoms with Crippen molar-refractivity contribution in [2.75, 3.05) is 12.3 Å². The van der Waals surface area contributed by atoms with Crippen LogP contribution < -0.4 is 0 Å². The number of pyridine rings is 1. The molecule has 0 unspecified atom stereocenters. The number of likely N-dealkylation sites (tertiary alicyclic amines) is 1. The maximum absolute atomic E-state index is 12.2. The monoisotopic (exact) mass is 343 g/mol.